The van der Waals surface area contributed by atoms with E-state index in [9.17, 15) is 9.18 Å². The SMILES string of the molecule is Cc1nc2c(c3c1[nH]c1cccc(F)c13)C(=O)CC(CCC(C)C)C2. The number of Topliss-reactive ketones (excluding diaryl/α,β-unsaturated/α-hetero) is 1. The van der Waals surface area contributed by atoms with Gasteiger partial charge >= 0.3 is 0 Å². The van der Waals surface area contributed by atoms with Crippen molar-refractivity contribution in [2.24, 2.45) is 11.8 Å². The summed E-state index contributed by atoms with van der Waals surface area (Å²) in [6.45, 7) is 6.34. The average Bonchev–Trinajstić information content (AvgIpc) is 2.94. The molecule has 4 rings (SSSR count). The Labute approximate surface area is 146 Å². The van der Waals surface area contributed by atoms with Crippen molar-refractivity contribution in [1.29, 1.82) is 0 Å². The Kier molecular flexibility index (Phi) is 3.86. The van der Waals surface area contributed by atoms with Crippen molar-refractivity contribution in [2.75, 3.05) is 0 Å². The van der Waals surface area contributed by atoms with Crippen LogP contribution >= 0.6 is 0 Å². The maximum Gasteiger partial charge on any atom is 0.165 e. The first-order chi connectivity index (χ1) is 12.0. The smallest absolute Gasteiger partial charge is 0.165 e. The fraction of sp³-hybridized carbons (Fsp3) is 0.429. The minimum absolute atomic E-state index is 0.108. The first-order valence-corrected chi connectivity index (χ1v) is 9.08. The number of ketones is 1. The molecule has 1 unspecified atom stereocenters. The van der Waals surface area contributed by atoms with Crippen molar-refractivity contribution in [3.63, 3.8) is 0 Å². The van der Waals surface area contributed by atoms with E-state index in [1.807, 2.05) is 13.0 Å². The summed E-state index contributed by atoms with van der Waals surface area (Å²) in [5.41, 5.74) is 3.83. The predicted molar refractivity (Wildman–Crippen MR) is 98.5 cm³/mol. The summed E-state index contributed by atoms with van der Waals surface area (Å²) < 4.78 is 14.5. The van der Waals surface area contributed by atoms with Crippen molar-refractivity contribution in [3.05, 3.63) is 41.0 Å². The number of H-pyrrole nitrogens is 1. The number of pyridine rings is 1. The highest BCUT2D eigenvalue weighted by Gasteiger charge is 2.30. The number of aromatic amines is 1. The van der Waals surface area contributed by atoms with Gasteiger partial charge in [0.1, 0.15) is 5.82 Å². The van der Waals surface area contributed by atoms with E-state index in [0.29, 0.717) is 29.2 Å². The first-order valence-electron chi connectivity index (χ1n) is 9.08. The van der Waals surface area contributed by atoms with Gasteiger partial charge in [0.2, 0.25) is 0 Å². The molecule has 0 saturated carbocycles. The van der Waals surface area contributed by atoms with Crippen LogP contribution in [-0.2, 0) is 6.42 Å². The van der Waals surface area contributed by atoms with Crippen molar-refractivity contribution in [2.45, 2.75) is 46.5 Å². The third-order valence-electron chi connectivity index (χ3n) is 5.36. The van der Waals surface area contributed by atoms with Gasteiger partial charge in [-0.3, -0.25) is 9.78 Å². The monoisotopic (exact) mass is 338 g/mol. The molecule has 0 fully saturated rings. The maximum absolute atomic E-state index is 14.5. The van der Waals surface area contributed by atoms with Crippen molar-refractivity contribution >= 4 is 27.6 Å². The molecule has 3 aromatic rings. The van der Waals surface area contributed by atoms with E-state index in [0.717, 1.165) is 47.1 Å². The molecule has 0 radical (unpaired) electrons. The number of rotatable bonds is 3. The van der Waals surface area contributed by atoms with Crippen molar-refractivity contribution in [3.8, 4) is 0 Å². The fourth-order valence-electron chi connectivity index (χ4n) is 4.12. The lowest BCUT2D eigenvalue weighted by Gasteiger charge is -2.24. The Hall–Kier alpha value is -2.23. The van der Waals surface area contributed by atoms with Crippen molar-refractivity contribution < 1.29 is 9.18 Å². The van der Waals surface area contributed by atoms with Crippen LogP contribution < -0.4 is 0 Å². The number of carbonyl (C=O) groups is 1. The van der Waals surface area contributed by atoms with E-state index < -0.39 is 0 Å². The molecule has 1 atom stereocenters. The molecule has 2 heterocycles. The molecule has 1 aliphatic carbocycles. The predicted octanol–water partition coefficient (Wildman–Crippen LogP) is 5.34. The van der Waals surface area contributed by atoms with Gasteiger partial charge in [0.25, 0.3) is 0 Å². The molecule has 0 aliphatic heterocycles. The van der Waals surface area contributed by atoms with Crippen LogP contribution in [0.15, 0.2) is 18.2 Å². The van der Waals surface area contributed by atoms with Gasteiger partial charge in [-0.2, -0.15) is 0 Å². The second-order valence-electron chi connectivity index (χ2n) is 7.72. The Balaban J connectivity index is 1.90. The number of nitrogens with one attached hydrogen (secondary N) is 1. The number of aryl methyl sites for hydroxylation is 1. The lowest BCUT2D eigenvalue weighted by molar-refractivity contribution is 0.0945. The molecule has 130 valence electrons. The van der Waals surface area contributed by atoms with Gasteiger partial charge in [-0.05, 0) is 43.7 Å². The Morgan fingerprint density at radius 3 is 2.84 bits per heavy atom. The molecule has 1 N–H and O–H groups in total. The van der Waals surface area contributed by atoms with Crippen LogP contribution in [-0.4, -0.2) is 15.8 Å². The number of aromatic nitrogens is 2. The van der Waals surface area contributed by atoms with E-state index >= 15 is 0 Å². The largest absolute Gasteiger partial charge is 0.353 e. The van der Waals surface area contributed by atoms with Crippen molar-refractivity contribution in [1.82, 2.24) is 9.97 Å². The van der Waals surface area contributed by atoms with Crippen LogP contribution in [0.5, 0.6) is 0 Å². The average molecular weight is 338 g/mol. The van der Waals surface area contributed by atoms with E-state index in [-0.39, 0.29) is 11.6 Å². The van der Waals surface area contributed by atoms with Crippen LogP contribution in [0.3, 0.4) is 0 Å². The Bertz CT molecular complexity index is 987. The summed E-state index contributed by atoms with van der Waals surface area (Å²) in [5, 5.41) is 1.25. The zero-order valence-corrected chi connectivity index (χ0v) is 14.9. The van der Waals surface area contributed by atoms with E-state index in [2.05, 4.69) is 18.8 Å². The lowest BCUT2D eigenvalue weighted by atomic mass is 9.80. The highest BCUT2D eigenvalue weighted by atomic mass is 19.1. The van der Waals surface area contributed by atoms with Crippen LogP contribution in [0.1, 0.15) is 54.9 Å². The minimum Gasteiger partial charge on any atom is -0.353 e. The van der Waals surface area contributed by atoms with Crippen LogP contribution in [0.4, 0.5) is 4.39 Å². The van der Waals surface area contributed by atoms with Crippen LogP contribution in [0.25, 0.3) is 21.8 Å². The highest BCUT2D eigenvalue weighted by molar-refractivity contribution is 6.19. The molecule has 0 spiro atoms. The standard InChI is InChI=1S/C21H23FN2O/c1-11(2)7-8-13-9-16-19(17(25)10-13)20-18-14(22)5-4-6-15(18)24-21(20)12(3)23-16/h4-6,11,13,24H,7-10H2,1-3H3. The molecule has 1 aromatic carbocycles. The van der Waals surface area contributed by atoms with Gasteiger partial charge in [-0.25, -0.2) is 4.39 Å². The molecule has 2 aromatic heterocycles. The minimum atomic E-state index is -0.286. The molecule has 3 nitrogen and oxygen atoms in total. The second kappa shape index (κ2) is 5.94. The molecule has 25 heavy (non-hydrogen) atoms. The highest BCUT2D eigenvalue weighted by Crippen LogP contribution is 2.38. The molecule has 1 aliphatic rings. The number of nitrogens with zero attached hydrogens (tertiary/aromatic N) is 1. The Morgan fingerprint density at radius 2 is 2.08 bits per heavy atom. The van der Waals surface area contributed by atoms with Gasteiger partial charge in [0, 0.05) is 28.3 Å². The number of hydrogen-bond donors (Lipinski definition) is 1. The zero-order valence-electron chi connectivity index (χ0n) is 14.9. The molecular weight excluding hydrogens is 315 g/mol. The van der Waals surface area contributed by atoms with Gasteiger partial charge in [0.05, 0.1) is 16.9 Å². The van der Waals surface area contributed by atoms with Gasteiger partial charge < -0.3 is 4.98 Å². The number of fused-ring (bicyclic) bond motifs is 5. The fourth-order valence-corrected chi connectivity index (χ4v) is 4.12. The number of hydrogen-bond acceptors (Lipinski definition) is 2. The third kappa shape index (κ3) is 2.64. The first kappa shape index (κ1) is 16.2. The quantitative estimate of drug-likeness (QED) is 0.700. The van der Waals surface area contributed by atoms with E-state index in [4.69, 9.17) is 4.98 Å². The molecule has 4 heteroatoms. The molecule has 0 amide bonds. The topological polar surface area (TPSA) is 45.8 Å². The summed E-state index contributed by atoms with van der Waals surface area (Å²) in [4.78, 5) is 20.9. The van der Waals surface area contributed by atoms with Crippen LogP contribution in [0, 0.1) is 24.6 Å². The van der Waals surface area contributed by atoms with Crippen LogP contribution in [0.2, 0.25) is 0 Å². The summed E-state index contributed by atoms with van der Waals surface area (Å²) in [6, 6.07) is 4.99. The maximum atomic E-state index is 14.5. The van der Waals surface area contributed by atoms with Gasteiger partial charge in [0.15, 0.2) is 5.78 Å². The number of carbonyl (C=O) groups excluding carboxylic acids is 1. The summed E-state index contributed by atoms with van der Waals surface area (Å²) in [5.74, 6) is 0.807. The lowest BCUT2D eigenvalue weighted by Crippen LogP contribution is -2.22. The molecular formula is C21H23FN2O. The number of halogens is 1. The number of benzene rings is 1. The van der Waals surface area contributed by atoms with E-state index in [1.165, 1.54) is 6.07 Å². The van der Waals surface area contributed by atoms with E-state index in [1.54, 1.807) is 6.07 Å². The summed E-state index contributed by atoms with van der Waals surface area (Å²) in [6.07, 6.45) is 3.52. The normalized spacial score (nSPS) is 17.6. The second-order valence-corrected chi connectivity index (χ2v) is 7.72. The zero-order chi connectivity index (χ0) is 17.7. The summed E-state index contributed by atoms with van der Waals surface area (Å²) in [7, 11) is 0. The summed E-state index contributed by atoms with van der Waals surface area (Å²) >= 11 is 0. The molecule has 0 saturated heterocycles. The van der Waals surface area contributed by atoms with Gasteiger partial charge in [-0.1, -0.05) is 26.3 Å². The Morgan fingerprint density at radius 1 is 1.28 bits per heavy atom. The van der Waals surface area contributed by atoms with Gasteiger partial charge in [-0.15, -0.1) is 0 Å². The molecule has 0 bridgehead atoms. The third-order valence-corrected chi connectivity index (χ3v) is 5.36.